The Morgan fingerprint density at radius 2 is 0.423 bits per heavy atom. The molecule has 0 aromatic carbocycles. The van der Waals surface area contributed by atoms with Crippen LogP contribution >= 0.6 is 15.6 Å². The van der Waals surface area contributed by atoms with Gasteiger partial charge in [0.1, 0.15) is 0 Å². The normalized spacial score (nSPS) is 12.7. The van der Waals surface area contributed by atoms with E-state index in [9.17, 15) is 50.4 Å². The van der Waals surface area contributed by atoms with Crippen molar-refractivity contribution in [3.05, 3.63) is 234 Å². The minimum absolute atomic E-state index is 0. The van der Waals surface area contributed by atoms with E-state index >= 15 is 0 Å². The van der Waals surface area contributed by atoms with E-state index in [4.69, 9.17) is 0 Å². The molecule has 9 nitrogen and oxygen atoms in total. The molecule has 0 aliphatic heterocycles. The van der Waals surface area contributed by atoms with Crippen LogP contribution in [0.3, 0.4) is 0 Å². The summed E-state index contributed by atoms with van der Waals surface area (Å²) in [6.07, 6.45) is 28.1. The fraction of sp³-hybridized carbons (Fsp3) is 0.167. The summed E-state index contributed by atoms with van der Waals surface area (Å²) in [5.74, 6) is 0. The van der Waals surface area contributed by atoms with E-state index in [-0.39, 0.29) is 17.1 Å². The molecule has 0 bridgehead atoms. The van der Waals surface area contributed by atoms with Crippen molar-refractivity contribution >= 4 is 15.6 Å². The summed E-state index contributed by atoms with van der Waals surface area (Å²) >= 11 is 0. The third-order valence-electron chi connectivity index (χ3n) is 10.4. The Balaban J connectivity index is 0.000000223. The first kappa shape index (κ1) is 63.4. The number of nitrogens with zero attached hydrogens (tertiary/aromatic N) is 9. The number of pyridine rings is 9. The third kappa shape index (κ3) is 29.4. The van der Waals surface area contributed by atoms with Crippen molar-refractivity contribution in [3.63, 3.8) is 0 Å². The standard InChI is InChI=1S/3C18H17N3.2F6P.Fe/c3*1-14-4-10-20-17(12-14)18-13-16(7-11-21-18)3-2-15-5-8-19-9-6-15;2*1-7(2,3,4,5)6;/h3*4-13H,2-3H2,1H3;;;/q;;;2*-1;+2. The first-order valence-corrected chi connectivity index (χ1v) is 27.3. The molecule has 0 N–H and O–H groups in total. The van der Waals surface area contributed by atoms with Gasteiger partial charge in [-0.05, 0) is 219 Å². The van der Waals surface area contributed by atoms with Crippen LogP contribution in [0.15, 0.2) is 184 Å². The summed E-state index contributed by atoms with van der Waals surface area (Å²) in [5.41, 5.74) is 16.9. The Labute approximate surface area is 453 Å². The van der Waals surface area contributed by atoms with E-state index in [1.54, 1.807) is 0 Å². The zero-order chi connectivity index (χ0) is 56.3. The maximum Gasteiger partial charge on any atom is 2.00 e. The zero-order valence-corrected chi connectivity index (χ0v) is 44.8. The summed E-state index contributed by atoms with van der Waals surface area (Å²) in [6.45, 7) is 6.20. The van der Waals surface area contributed by atoms with Crippen molar-refractivity contribution in [2.75, 3.05) is 0 Å². The molecule has 414 valence electrons. The molecule has 0 aliphatic rings. The van der Waals surface area contributed by atoms with Crippen molar-refractivity contribution < 1.29 is 67.4 Å². The van der Waals surface area contributed by atoms with Gasteiger partial charge in [-0.25, -0.2) is 0 Å². The zero-order valence-electron chi connectivity index (χ0n) is 41.9. The molecule has 0 aliphatic carbocycles. The van der Waals surface area contributed by atoms with Gasteiger partial charge in [-0.3, -0.25) is 44.9 Å². The van der Waals surface area contributed by atoms with Crippen LogP contribution in [0.25, 0.3) is 34.2 Å². The summed E-state index contributed by atoms with van der Waals surface area (Å²) < 4.78 is 118. The fourth-order valence-corrected chi connectivity index (χ4v) is 6.85. The van der Waals surface area contributed by atoms with Crippen molar-refractivity contribution in [2.24, 2.45) is 0 Å². The van der Waals surface area contributed by atoms with Crippen molar-refractivity contribution in [3.8, 4) is 34.2 Å². The van der Waals surface area contributed by atoms with Gasteiger partial charge in [0.15, 0.2) is 0 Å². The van der Waals surface area contributed by atoms with E-state index in [0.29, 0.717) is 0 Å². The molecule has 0 amide bonds. The quantitative estimate of drug-likeness (QED) is 0.0670. The third-order valence-corrected chi connectivity index (χ3v) is 10.4. The topological polar surface area (TPSA) is 116 Å². The van der Waals surface area contributed by atoms with Crippen molar-refractivity contribution in [1.29, 1.82) is 0 Å². The maximum absolute atomic E-state index is 10.7. The molecule has 0 radical (unpaired) electrons. The van der Waals surface area contributed by atoms with Gasteiger partial charge in [-0.15, -0.1) is 0 Å². The summed E-state index contributed by atoms with van der Waals surface area (Å²) in [7, 11) is -21.3. The van der Waals surface area contributed by atoms with Crippen molar-refractivity contribution in [2.45, 2.75) is 59.3 Å². The maximum atomic E-state index is 9.87. The molecular formula is C54H51F12FeN9P2. The smallest absolute Gasteiger partial charge is 2.00 e. The van der Waals surface area contributed by atoms with E-state index in [1.165, 1.54) is 50.1 Å². The van der Waals surface area contributed by atoms with Crippen LogP contribution in [0.4, 0.5) is 50.4 Å². The van der Waals surface area contributed by atoms with Gasteiger partial charge in [0, 0.05) is 74.4 Å². The van der Waals surface area contributed by atoms with Gasteiger partial charge in [0.2, 0.25) is 0 Å². The Hall–Kier alpha value is -7.11. The molecular weight excluding hydrogens is 1120 g/mol. The second-order valence-electron chi connectivity index (χ2n) is 17.3. The average molecular weight is 1170 g/mol. The number of aromatic nitrogens is 9. The molecule has 9 aromatic heterocycles. The molecule has 0 saturated carbocycles. The fourth-order valence-electron chi connectivity index (χ4n) is 6.85. The first-order valence-electron chi connectivity index (χ1n) is 23.3. The molecule has 9 heterocycles. The van der Waals surface area contributed by atoms with Crippen LogP contribution in [0.2, 0.25) is 0 Å². The van der Waals surface area contributed by atoms with E-state index < -0.39 is 15.6 Å². The SMILES string of the molecule is Cc1ccnc(-c2cc(CCc3ccncc3)ccn2)c1.Cc1ccnc(-c2cc(CCc3ccncc3)ccn2)c1.Cc1ccnc(-c2cc(CCc3ccncc3)ccn2)c1.F[P-](F)(F)(F)(F)F.F[P-](F)(F)(F)(F)F.[Fe+2]. The van der Waals surface area contributed by atoms with Gasteiger partial charge in [-0.1, -0.05) is 0 Å². The van der Waals surface area contributed by atoms with Crippen LogP contribution in [-0.2, 0) is 55.6 Å². The van der Waals surface area contributed by atoms with Gasteiger partial charge >= 0.3 is 83.0 Å². The molecule has 0 saturated heterocycles. The molecule has 24 heteroatoms. The van der Waals surface area contributed by atoms with E-state index in [1.807, 2.05) is 92.6 Å². The van der Waals surface area contributed by atoms with Gasteiger partial charge < -0.3 is 0 Å². The Morgan fingerprint density at radius 3 is 0.628 bits per heavy atom. The van der Waals surface area contributed by atoms with E-state index in [2.05, 4.69) is 157 Å². The van der Waals surface area contributed by atoms with Gasteiger partial charge in [0.05, 0.1) is 34.2 Å². The monoisotopic (exact) mass is 1170 g/mol. The van der Waals surface area contributed by atoms with Crippen LogP contribution in [0.5, 0.6) is 0 Å². The number of rotatable bonds is 12. The number of hydrogen-bond acceptors (Lipinski definition) is 9. The number of aryl methyl sites for hydroxylation is 9. The summed E-state index contributed by atoms with van der Waals surface area (Å²) in [5, 5.41) is 0. The Bertz CT molecular complexity index is 2950. The largest absolute Gasteiger partial charge is 2.00 e. The number of halogens is 12. The minimum Gasteiger partial charge on any atom is 2.00 e. The molecule has 0 atom stereocenters. The molecule has 9 rings (SSSR count). The second-order valence-corrected chi connectivity index (χ2v) is 21.1. The molecule has 0 fully saturated rings. The number of hydrogen-bond donors (Lipinski definition) is 0. The summed E-state index contributed by atoms with van der Waals surface area (Å²) in [6, 6.07) is 37.1. The van der Waals surface area contributed by atoms with Crippen LogP contribution in [0, 0.1) is 20.8 Å². The average Bonchev–Trinajstić information content (AvgIpc) is 3.38. The van der Waals surface area contributed by atoms with Gasteiger partial charge in [-0.2, -0.15) is 0 Å². The predicted octanol–water partition coefficient (Wildman–Crippen LogP) is 17.7. The molecule has 0 unspecified atom stereocenters. The molecule has 78 heavy (non-hydrogen) atoms. The first-order chi connectivity index (χ1) is 35.8. The summed E-state index contributed by atoms with van der Waals surface area (Å²) in [4.78, 5) is 38.6. The van der Waals surface area contributed by atoms with Crippen LogP contribution < -0.4 is 0 Å². The Kier molecular flexibility index (Phi) is 21.2. The van der Waals surface area contributed by atoms with E-state index in [0.717, 1.165) is 72.7 Å². The minimum atomic E-state index is -10.7. The van der Waals surface area contributed by atoms with Crippen LogP contribution in [-0.4, -0.2) is 44.9 Å². The van der Waals surface area contributed by atoms with Crippen LogP contribution in [0.1, 0.15) is 50.1 Å². The second kappa shape index (κ2) is 26.0. The molecule has 9 aromatic rings. The Morgan fingerprint density at radius 1 is 0.256 bits per heavy atom. The van der Waals surface area contributed by atoms with Gasteiger partial charge in [0.25, 0.3) is 0 Å². The molecule has 0 spiro atoms. The predicted molar refractivity (Wildman–Crippen MR) is 279 cm³/mol. The van der Waals surface area contributed by atoms with Crippen molar-refractivity contribution in [1.82, 2.24) is 44.9 Å².